The van der Waals surface area contributed by atoms with Crippen molar-refractivity contribution >= 4 is 45.4 Å². The lowest BCUT2D eigenvalue weighted by atomic mass is 10.2. The third-order valence-corrected chi connectivity index (χ3v) is 4.80. The van der Waals surface area contributed by atoms with Crippen LogP contribution in [0.15, 0.2) is 51.7 Å². The van der Waals surface area contributed by atoms with Gasteiger partial charge < -0.3 is 14.8 Å². The highest BCUT2D eigenvalue weighted by Crippen LogP contribution is 2.28. The Morgan fingerprint density at radius 2 is 2.03 bits per heavy atom. The molecule has 0 radical (unpaired) electrons. The molecule has 0 spiro atoms. The fraction of sp³-hybridized carbons (Fsp3) is 0.0526. The monoisotopic (exact) mass is 477 g/mol. The third kappa shape index (κ3) is 5.01. The number of hydrogen-bond donors (Lipinski definition) is 2. The minimum atomic E-state index is -1.04. The van der Waals surface area contributed by atoms with E-state index < -0.39 is 22.0 Å². The fourth-order valence-corrected chi connectivity index (χ4v) is 3.10. The van der Waals surface area contributed by atoms with Gasteiger partial charge in [-0.1, -0.05) is 41.9 Å². The Balaban J connectivity index is 1.74. The topological polar surface area (TPSA) is 118 Å². The molecule has 3 aromatic rings. The number of benzene rings is 2. The maximum absolute atomic E-state index is 11.7. The Labute approximate surface area is 177 Å². The molecule has 0 aliphatic rings. The van der Waals surface area contributed by atoms with Gasteiger partial charge in [0.15, 0.2) is 0 Å². The maximum Gasteiger partial charge on any atom is 0.395 e. The summed E-state index contributed by atoms with van der Waals surface area (Å²) in [6.07, 6.45) is 3.03. The maximum atomic E-state index is 11.7. The van der Waals surface area contributed by atoms with E-state index in [0.717, 1.165) is 11.1 Å². The largest absolute Gasteiger partial charge is 0.488 e. The molecule has 8 nitrogen and oxygen atoms in total. The second kappa shape index (κ2) is 8.89. The second-order valence-corrected chi connectivity index (χ2v) is 7.05. The molecule has 0 saturated carbocycles. The lowest BCUT2D eigenvalue weighted by Crippen LogP contribution is -2.14. The van der Waals surface area contributed by atoms with E-state index >= 15 is 0 Å². The number of halogens is 2. The van der Waals surface area contributed by atoms with Gasteiger partial charge in [-0.05, 0) is 45.8 Å². The first-order valence-electron chi connectivity index (χ1n) is 8.16. The summed E-state index contributed by atoms with van der Waals surface area (Å²) >= 11 is 9.55. The van der Waals surface area contributed by atoms with Crippen molar-refractivity contribution in [3.63, 3.8) is 0 Å². The number of nitro groups is 1. The normalized spacial score (nSPS) is 11.0. The number of hydrogen-bond acceptors (Lipinski definition) is 6. The summed E-state index contributed by atoms with van der Waals surface area (Å²) in [4.78, 5) is 27.2. The average molecular weight is 479 g/mol. The lowest BCUT2D eigenvalue weighted by molar-refractivity contribution is -0.387. The summed E-state index contributed by atoms with van der Waals surface area (Å²) in [5, 5.41) is 20.9. The van der Waals surface area contributed by atoms with Crippen LogP contribution in [0.3, 0.4) is 0 Å². The highest BCUT2D eigenvalue weighted by molar-refractivity contribution is 9.10. The Bertz CT molecular complexity index is 1160. The smallest absolute Gasteiger partial charge is 0.395 e. The van der Waals surface area contributed by atoms with Gasteiger partial charge in [-0.3, -0.25) is 14.9 Å². The number of aromatic amines is 1. The van der Waals surface area contributed by atoms with Crippen LogP contribution in [0.1, 0.15) is 17.0 Å². The predicted molar refractivity (Wildman–Crippen MR) is 112 cm³/mol. The molecular weight excluding hydrogens is 466 g/mol. The van der Waals surface area contributed by atoms with Crippen molar-refractivity contribution in [3.05, 3.63) is 89.4 Å². The van der Waals surface area contributed by atoms with Gasteiger partial charge in [0.2, 0.25) is 0 Å². The van der Waals surface area contributed by atoms with Crippen molar-refractivity contribution in [1.29, 1.82) is 0 Å². The van der Waals surface area contributed by atoms with Crippen LogP contribution >= 0.6 is 27.5 Å². The molecule has 0 aliphatic carbocycles. The fourth-order valence-electron chi connectivity index (χ4n) is 2.40. The first-order valence-corrected chi connectivity index (χ1v) is 9.34. The number of H-pyrrole nitrogens is 1. The van der Waals surface area contributed by atoms with Crippen molar-refractivity contribution in [3.8, 4) is 11.6 Å². The Kier molecular flexibility index (Phi) is 6.30. The number of aromatic hydroxyl groups is 1. The number of nitrogens with one attached hydrogen (secondary N) is 1. The molecule has 0 atom stereocenters. The first kappa shape index (κ1) is 20.6. The standard InChI is InChI=1S/C19H13BrClN3O5/c20-13-9-11(5-7-15(13)29-10-12-3-1-2-4-14(12)21)6-8-16-22-18(25)17(24(27)28)19(26)23-16/h1-9H,10H2,(H2,22,23,25,26). The van der Waals surface area contributed by atoms with Crippen molar-refractivity contribution in [2.24, 2.45) is 0 Å². The molecule has 0 unspecified atom stereocenters. The summed E-state index contributed by atoms with van der Waals surface area (Å²) < 4.78 is 6.47. The van der Waals surface area contributed by atoms with E-state index in [-0.39, 0.29) is 5.82 Å². The Morgan fingerprint density at radius 1 is 1.28 bits per heavy atom. The summed E-state index contributed by atoms with van der Waals surface area (Å²) in [6.45, 7) is 0.306. The van der Waals surface area contributed by atoms with E-state index in [9.17, 15) is 20.0 Å². The number of nitrogens with zero attached hydrogens (tertiary/aromatic N) is 2. The van der Waals surface area contributed by atoms with E-state index in [2.05, 4.69) is 25.9 Å². The number of rotatable bonds is 6. The van der Waals surface area contributed by atoms with Crippen LogP contribution in [-0.4, -0.2) is 20.0 Å². The highest BCUT2D eigenvalue weighted by Gasteiger charge is 2.21. The van der Waals surface area contributed by atoms with Crippen molar-refractivity contribution in [2.45, 2.75) is 6.61 Å². The van der Waals surface area contributed by atoms with Gasteiger partial charge in [0.25, 0.3) is 5.88 Å². The van der Waals surface area contributed by atoms with Gasteiger partial charge in [-0.2, -0.15) is 4.98 Å². The van der Waals surface area contributed by atoms with Gasteiger partial charge >= 0.3 is 11.2 Å². The quantitative estimate of drug-likeness (QED) is 0.396. The molecule has 10 heteroatoms. The highest BCUT2D eigenvalue weighted by atomic mass is 79.9. The summed E-state index contributed by atoms with van der Waals surface area (Å²) in [6, 6.07) is 12.7. The van der Waals surface area contributed by atoms with E-state index in [1.165, 1.54) is 6.08 Å². The molecule has 29 heavy (non-hydrogen) atoms. The minimum Gasteiger partial charge on any atom is -0.488 e. The molecule has 2 N–H and O–H groups in total. The molecule has 0 amide bonds. The predicted octanol–water partition coefficient (Wildman–Crippen LogP) is 4.55. The van der Waals surface area contributed by atoms with Crippen molar-refractivity contribution < 1.29 is 14.8 Å². The Hall–Kier alpha value is -3.17. The molecule has 2 aromatic carbocycles. The van der Waals surface area contributed by atoms with Crippen LogP contribution in [0, 0.1) is 10.1 Å². The van der Waals surface area contributed by atoms with Crippen LogP contribution in [0.5, 0.6) is 11.6 Å². The Morgan fingerprint density at radius 3 is 2.69 bits per heavy atom. The molecule has 3 rings (SSSR count). The zero-order valence-electron chi connectivity index (χ0n) is 14.6. The molecule has 1 aromatic heterocycles. The molecular formula is C19H13BrClN3O5. The number of ether oxygens (including phenoxy) is 1. The SMILES string of the molecule is O=c1[nH]c(C=Cc2ccc(OCc3ccccc3Cl)c(Br)c2)nc(O)c1[N+](=O)[O-]. The van der Waals surface area contributed by atoms with Crippen molar-refractivity contribution in [1.82, 2.24) is 9.97 Å². The van der Waals surface area contributed by atoms with Gasteiger partial charge in [0.1, 0.15) is 18.2 Å². The van der Waals surface area contributed by atoms with E-state index in [0.29, 0.717) is 21.9 Å². The minimum absolute atomic E-state index is 0.0201. The van der Waals surface area contributed by atoms with E-state index in [1.807, 2.05) is 18.2 Å². The summed E-state index contributed by atoms with van der Waals surface area (Å²) in [7, 11) is 0. The van der Waals surface area contributed by atoms with Crippen molar-refractivity contribution in [2.75, 3.05) is 0 Å². The molecule has 0 aliphatic heterocycles. The number of aromatic nitrogens is 2. The van der Waals surface area contributed by atoms with Gasteiger partial charge in [-0.25, -0.2) is 0 Å². The zero-order valence-corrected chi connectivity index (χ0v) is 17.0. The van der Waals surface area contributed by atoms with Crippen LogP contribution < -0.4 is 10.3 Å². The van der Waals surface area contributed by atoms with Crippen LogP contribution in [0.2, 0.25) is 5.02 Å². The summed E-state index contributed by atoms with van der Waals surface area (Å²) in [5.41, 5.74) is -0.433. The van der Waals surface area contributed by atoms with Crippen LogP contribution in [0.4, 0.5) is 5.69 Å². The summed E-state index contributed by atoms with van der Waals surface area (Å²) in [5.74, 6) is -0.349. The van der Waals surface area contributed by atoms with E-state index in [1.54, 1.807) is 30.3 Å². The zero-order chi connectivity index (χ0) is 21.0. The molecule has 0 fully saturated rings. The first-order chi connectivity index (χ1) is 13.8. The van der Waals surface area contributed by atoms with Gasteiger partial charge in [0, 0.05) is 10.6 Å². The van der Waals surface area contributed by atoms with Gasteiger partial charge in [-0.15, -0.1) is 0 Å². The van der Waals surface area contributed by atoms with Crippen LogP contribution in [-0.2, 0) is 6.61 Å². The van der Waals surface area contributed by atoms with Crippen LogP contribution in [0.25, 0.3) is 12.2 Å². The molecule has 0 bridgehead atoms. The van der Waals surface area contributed by atoms with Gasteiger partial charge in [0.05, 0.1) is 9.40 Å². The lowest BCUT2D eigenvalue weighted by Gasteiger charge is -2.10. The molecule has 148 valence electrons. The van der Waals surface area contributed by atoms with E-state index in [4.69, 9.17) is 16.3 Å². The second-order valence-electron chi connectivity index (χ2n) is 5.78. The third-order valence-electron chi connectivity index (χ3n) is 3.81. The average Bonchev–Trinajstić information content (AvgIpc) is 2.66. The molecule has 1 heterocycles. The molecule has 0 saturated heterocycles.